The highest BCUT2D eigenvalue weighted by atomic mass is 32.2. The fourth-order valence-electron chi connectivity index (χ4n) is 3.60. The zero-order valence-electron chi connectivity index (χ0n) is 19.4. The maximum atomic E-state index is 10.5. The number of aromatic nitrogens is 1. The van der Waals surface area contributed by atoms with Crippen LogP contribution in [-0.2, 0) is 11.3 Å². The Bertz CT molecular complexity index is 1270. The molecule has 0 fully saturated rings. The minimum Gasteiger partial charge on any atom is -0.497 e. The second-order valence-electron chi connectivity index (χ2n) is 7.91. The van der Waals surface area contributed by atoms with Crippen LogP contribution in [0.15, 0.2) is 96.0 Å². The molecule has 6 heteroatoms. The molecule has 1 N–H and O–H groups in total. The Morgan fingerprint density at radius 2 is 1.63 bits per heavy atom. The maximum absolute atomic E-state index is 10.5. The Morgan fingerprint density at radius 1 is 0.943 bits per heavy atom. The lowest BCUT2D eigenvalue weighted by atomic mass is 9.99. The van der Waals surface area contributed by atoms with Gasteiger partial charge in [0, 0.05) is 16.9 Å². The Hall–Kier alpha value is -3.63. The number of rotatable bonds is 10. The first-order valence-electron chi connectivity index (χ1n) is 11.3. The maximum Gasteiger partial charge on any atom is 0.118 e. The Morgan fingerprint density at radius 3 is 2.29 bits per heavy atom. The monoisotopic (exact) mass is 482 g/mol. The van der Waals surface area contributed by atoms with Crippen LogP contribution >= 0.6 is 11.8 Å². The van der Waals surface area contributed by atoms with Crippen LogP contribution in [0, 0.1) is 11.3 Å². The van der Waals surface area contributed by atoms with Crippen molar-refractivity contribution in [3.05, 3.63) is 102 Å². The summed E-state index contributed by atoms with van der Waals surface area (Å²) in [4.78, 5) is 4.80. The average molecular weight is 483 g/mol. The van der Waals surface area contributed by atoms with Crippen LogP contribution in [0.3, 0.4) is 0 Å². The van der Waals surface area contributed by atoms with Crippen LogP contribution < -0.4 is 4.74 Å². The summed E-state index contributed by atoms with van der Waals surface area (Å²) in [6, 6.07) is 31.6. The molecule has 0 aliphatic rings. The number of nitrogens with zero attached hydrogens (tertiary/aromatic N) is 2. The fraction of sp³-hybridized carbons (Fsp3) is 0.172. The lowest BCUT2D eigenvalue weighted by molar-refractivity contribution is 0.0398. The molecule has 1 unspecified atom stereocenters. The van der Waals surface area contributed by atoms with Gasteiger partial charge in [0.2, 0.25) is 0 Å². The van der Waals surface area contributed by atoms with Crippen LogP contribution in [0.5, 0.6) is 5.75 Å². The molecule has 5 nitrogen and oxygen atoms in total. The molecule has 0 spiro atoms. The minimum atomic E-state index is -0.693. The van der Waals surface area contributed by atoms with Gasteiger partial charge in [-0.25, -0.2) is 4.98 Å². The van der Waals surface area contributed by atoms with Gasteiger partial charge in [-0.1, -0.05) is 60.7 Å². The van der Waals surface area contributed by atoms with Gasteiger partial charge in [-0.15, -0.1) is 11.8 Å². The number of aliphatic hydroxyl groups is 1. The lowest BCUT2D eigenvalue weighted by Gasteiger charge is -2.15. The van der Waals surface area contributed by atoms with E-state index in [0.717, 1.165) is 33.7 Å². The second kappa shape index (κ2) is 12.2. The summed E-state index contributed by atoms with van der Waals surface area (Å²) >= 11 is 1.36. The number of ether oxygens (including phenoxy) is 2. The number of benzene rings is 3. The summed E-state index contributed by atoms with van der Waals surface area (Å²) in [5.74, 6) is 1.12. The average Bonchev–Trinajstić information content (AvgIpc) is 2.92. The van der Waals surface area contributed by atoms with Crippen LogP contribution in [0.25, 0.3) is 22.4 Å². The number of nitriles is 1. The molecule has 4 rings (SSSR count). The van der Waals surface area contributed by atoms with Crippen molar-refractivity contribution in [3.8, 4) is 34.2 Å². The molecule has 1 heterocycles. The SMILES string of the molecule is COc1ccc(-c2cc(-c3ccccc3)c(C#N)c(SCC(O)COCc3ccccc3)n2)cc1. The van der Waals surface area contributed by atoms with Crippen LogP contribution in [0.1, 0.15) is 11.1 Å². The Kier molecular flexibility index (Phi) is 8.53. The molecule has 0 aliphatic heterocycles. The summed E-state index contributed by atoms with van der Waals surface area (Å²) in [6.45, 7) is 0.642. The molecule has 3 aromatic carbocycles. The molecular weight excluding hydrogens is 456 g/mol. The predicted molar refractivity (Wildman–Crippen MR) is 139 cm³/mol. The number of methoxy groups -OCH3 is 1. The molecule has 0 radical (unpaired) electrons. The van der Waals surface area contributed by atoms with Crippen molar-refractivity contribution >= 4 is 11.8 Å². The zero-order chi connectivity index (χ0) is 24.5. The van der Waals surface area contributed by atoms with Crippen molar-refractivity contribution in [2.24, 2.45) is 0 Å². The van der Waals surface area contributed by atoms with E-state index >= 15 is 0 Å². The zero-order valence-corrected chi connectivity index (χ0v) is 20.2. The van der Waals surface area contributed by atoms with E-state index < -0.39 is 6.10 Å². The number of pyridine rings is 1. The molecule has 1 atom stereocenters. The summed E-state index contributed by atoms with van der Waals surface area (Å²) in [7, 11) is 1.63. The van der Waals surface area contributed by atoms with Gasteiger partial charge < -0.3 is 14.6 Å². The van der Waals surface area contributed by atoms with Crippen LogP contribution in [0.2, 0.25) is 0 Å². The highest BCUT2D eigenvalue weighted by molar-refractivity contribution is 7.99. The Balaban J connectivity index is 1.56. The highest BCUT2D eigenvalue weighted by Gasteiger charge is 2.17. The summed E-state index contributed by atoms with van der Waals surface area (Å²) in [5.41, 5.74) is 4.97. The van der Waals surface area contributed by atoms with Gasteiger partial charge in [0.1, 0.15) is 16.8 Å². The van der Waals surface area contributed by atoms with E-state index in [4.69, 9.17) is 14.5 Å². The normalized spacial score (nSPS) is 11.6. The van der Waals surface area contributed by atoms with Crippen molar-refractivity contribution in [2.45, 2.75) is 17.7 Å². The van der Waals surface area contributed by atoms with E-state index in [1.807, 2.05) is 91.0 Å². The van der Waals surface area contributed by atoms with Gasteiger partial charge in [-0.05, 0) is 41.5 Å². The largest absolute Gasteiger partial charge is 0.497 e. The number of aliphatic hydroxyl groups excluding tert-OH is 1. The molecule has 176 valence electrons. The first-order valence-corrected chi connectivity index (χ1v) is 12.2. The molecule has 1 aromatic heterocycles. The van der Waals surface area contributed by atoms with E-state index in [1.54, 1.807) is 7.11 Å². The number of thioether (sulfide) groups is 1. The predicted octanol–water partition coefficient (Wildman–Crippen LogP) is 5.97. The van der Waals surface area contributed by atoms with Gasteiger partial charge in [0.15, 0.2) is 0 Å². The van der Waals surface area contributed by atoms with Gasteiger partial charge in [0.05, 0.1) is 37.7 Å². The summed E-state index contributed by atoms with van der Waals surface area (Å²) in [6.07, 6.45) is -0.693. The lowest BCUT2D eigenvalue weighted by Crippen LogP contribution is -2.18. The first-order chi connectivity index (χ1) is 17.2. The fourth-order valence-corrected chi connectivity index (χ4v) is 4.51. The second-order valence-corrected chi connectivity index (χ2v) is 8.92. The molecule has 0 amide bonds. The van der Waals surface area contributed by atoms with Crippen molar-refractivity contribution < 1.29 is 14.6 Å². The first kappa shape index (κ1) is 24.5. The topological polar surface area (TPSA) is 75.4 Å². The van der Waals surface area contributed by atoms with Gasteiger partial charge in [-0.2, -0.15) is 5.26 Å². The van der Waals surface area contributed by atoms with E-state index in [2.05, 4.69) is 6.07 Å². The molecular formula is C29H26N2O3S. The highest BCUT2D eigenvalue weighted by Crippen LogP contribution is 2.34. The van der Waals surface area contributed by atoms with Crippen LogP contribution in [-0.4, -0.2) is 35.7 Å². The van der Waals surface area contributed by atoms with E-state index in [1.165, 1.54) is 11.8 Å². The molecule has 4 aromatic rings. The van der Waals surface area contributed by atoms with Crippen molar-refractivity contribution in [1.29, 1.82) is 5.26 Å². The van der Waals surface area contributed by atoms with E-state index in [0.29, 0.717) is 22.9 Å². The van der Waals surface area contributed by atoms with Gasteiger partial charge in [0.25, 0.3) is 0 Å². The molecule has 0 aliphatic carbocycles. The van der Waals surface area contributed by atoms with Crippen LogP contribution in [0.4, 0.5) is 0 Å². The quantitative estimate of drug-likeness (QED) is 0.281. The van der Waals surface area contributed by atoms with Crippen molar-refractivity contribution in [1.82, 2.24) is 4.98 Å². The standard InChI is InChI=1S/C29H26N2O3S/c1-33-25-14-12-23(13-15-25)28-16-26(22-10-6-3-7-11-22)27(17-30)29(31-28)35-20-24(32)19-34-18-21-8-4-2-5-9-21/h2-16,24,32H,18-20H2,1H3. The van der Waals surface area contributed by atoms with E-state index in [9.17, 15) is 10.4 Å². The molecule has 0 saturated heterocycles. The Labute approximate surface area is 210 Å². The number of hydrogen-bond acceptors (Lipinski definition) is 6. The molecule has 35 heavy (non-hydrogen) atoms. The van der Waals surface area contributed by atoms with Crippen molar-refractivity contribution in [3.63, 3.8) is 0 Å². The third-order valence-electron chi connectivity index (χ3n) is 5.40. The summed E-state index contributed by atoms with van der Waals surface area (Å²) in [5, 5.41) is 21.1. The smallest absolute Gasteiger partial charge is 0.118 e. The molecule has 0 saturated carbocycles. The van der Waals surface area contributed by atoms with Crippen molar-refractivity contribution in [2.75, 3.05) is 19.5 Å². The summed E-state index contributed by atoms with van der Waals surface area (Å²) < 4.78 is 11.0. The van der Waals surface area contributed by atoms with E-state index in [-0.39, 0.29) is 6.61 Å². The third kappa shape index (κ3) is 6.49. The minimum absolute atomic E-state index is 0.202. The van der Waals surface area contributed by atoms with Gasteiger partial charge in [-0.3, -0.25) is 0 Å². The molecule has 0 bridgehead atoms. The van der Waals surface area contributed by atoms with Gasteiger partial charge >= 0.3 is 0 Å². The number of hydrogen-bond donors (Lipinski definition) is 1. The third-order valence-corrected chi connectivity index (χ3v) is 6.52.